The normalized spacial score (nSPS) is 10.7. The zero-order chi connectivity index (χ0) is 17.6. The second-order valence-electron chi connectivity index (χ2n) is 4.74. The van der Waals surface area contributed by atoms with Gasteiger partial charge in [0.2, 0.25) is 0 Å². The van der Waals surface area contributed by atoms with Crippen molar-refractivity contribution in [2.24, 2.45) is 0 Å². The number of nitrogens with zero attached hydrogens (tertiary/aromatic N) is 1. The summed E-state index contributed by atoms with van der Waals surface area (Å²) >= 11 is 0. The van der Waals surface area contributed by atoms with Crippen LogP contribution in [0.2, 0.25) is 0 Å². The quantitative estimate of drug-likeness (QED) is 0.165. The van der Waals surface area contributed by atoms with Gasteiger partial charge in [-0.2, -0.15) is 0 Å². The van der Waals surface area contributed by atoms with E-state index in [2.05, 4.69) is 0 Å². The molecule has 0 bridgehead atoms. The van der Waals surface area contributed by atoms with Crippen LogP contribution in [0.5, 0.6) is 5.75 Å². The molecule has 0 spiro atoms. The SMILES string of the molecule is O=C(OC/C=C/COCCCCCO)Oc1ccc([N+](=O)[O-])cc1. The first-order chi connectivity index (χ1) is 11.6. The molecule has 24 heavy (non-hydrogen) atoms. The maximum absolute atomic E-state index is 11.4. The number of carbonyl (C=O) groups excluding carboxylic acids is 1. The van der Waals surface area contributed by atoms with Gasteiger partial charge in [-0.3, -0.25) is 10.1 Å². The molecule has 0 saturated heterocycles. The van der Waals surface area contributed by atoms with Crippen LogP contribution < -0.4 is 4.74 Å². The van der Waals surface area contributed by atoms with E-state index in [4.69, 9.17) is 19.3 Å². The maximum Gasteiger partial charge on any atom is 0.514 e. The van der Waals surface area contributed by atoms with Crippen molar-refractivity contribution in [2.45, 2.75) is 19.3 Å². The molecule has 8 heteroatoms. The molecule has 0 fully saturated rings. The number of aliphatic hydroxyl groups excluding tert-OH is 1. The monoisotopic (exact) mass is 339 g/mol. The molecule has 1 aromatic rings. The Morgan fingerprint density at radius 2 is 1.83 bits per heavy atom. The first-order valence-corrected chi connectivity index (χ1v) is 7.56. The van der Waals surface area contributed by atoms with E-state index in [9.17, 15) is 14.9 Å². The van der Waals surface area contributed by atoms with Crippen LogP contribution in [0.1, 0.15) is 19.3 Å². The van der Waals surface area contributed by atoms with Gasteiger partial charge in [-0.1, -0.05) is 6.08 Å². The predicted octanol–water partition coefficient (Wildman–Crippen LogP) is 2.85. The van der Waals surface area contributed by atoms with Crippen LogP contribution >= 0.6 is 0 Å². The average molecular weight is 339 g/mol. The second-order valence-corrected chi connectivity index (χ2v) is 4.74. The number of benzene rings is 1. The van der Waals surface area contributed by atoms with Crippen molar-refractivity contribution in [2.75, 3.05) is 26.4 Å². The number of unbranched alkanes of at least 4 members (excludes halogenated alkanes) is 2. The van der Waals surface area contributed by atoms with Crippen LogP contribution in [0.25, 0.3) is 0 Å². The van der Waals surface area contributed by atoms with Gasteiger partial charge in [-0.05, 0) is 37.5 Å². The van der Waals surface area contributed by atoms with Crippen LogP contribution in [0, 0.1) is 10.1 Å². The fourth-order valence-electron chi connectivity index (χ4n) is 1.66. The fraction of sp³-hybridized carbons (Fsp3) is 0.438. The fourth-order valence-corrected chi connectivity index (χ4v) is 1.66. The first-order valence-electron chi connectivity index (χ1n) is 7.56. The van der Waals surface area contributed by atoms with E-state index >= 15 is 0 Å². The van der Waals surface area contributed by atoms with Crippen molar-refractivity contribution in [1.29, 1.82) is 0 Å². The number of aliphatic hydroxyl groups is 1. The third-order valence-corrected chi connectivity index (χ3v) is 2.87. The van der Waals surface area contributed by atoms with Crippen LogP contribution in [-0.2, 0) is 9.47 Å². The van der Waals surface area contributed by atoms with Crippen molar-refractivity contribution < 1.29 is 29.0 Å². The molecule has 0 amide bonds. The van der Waals surface area contributed by atoms with Crippen LogP contribution in [0.3, 0.4) is 0 Å². The molecule has 0 heterocycles. The van der Waals surface area contributed by atoms with Gasteiger partial charge < -0.3 is 19.3 Å². The minimum Gasteiger partial charge on any atom is -0.430 e. The van der Waals surface area contributed by atoms with E-state index in [0.29, 0.717) is 13.2 Å². The summed E-state index contributed by atoms with van der Waals surface area (Å²) in [6.45, 7) is 1.28. The van der Waals surface area contributed by atoms with Crippen LogP contribution in [-0.4, -0.2) is 42.6 Å². The van der Waals surface area contributed by atoms with Crippen LogP contribution in [0.4, 0.5) is 10.5 Å². The van der Waals surface area contributed by atoms with Crippen molar-refractivity contribution in [3.63, 3.8) is 0 Å². The summed E-state index contributed by atoms with van der Waals surface area (Å²) in [5.74, 6) is 0.167. The number of rotatable bonds is 11. The van der Waals surface area contributed by atoms with Crippen LogP contribution in [0.15, 0.2) is 36.4 Å². The highest BCUT2D eigenvalue weighted by molar-refractivity contribution is 5.64. The smallest absolute Gasteiger partial charge is 0.430 e. The summed E-state index contributed by atoms with van der Waals surface area (Å²) in [5.41, 5.74) is -0.0880. The Hall–Kier alpha value is -2.45. The number of carbonyl (C=O) groups is 1. The molecule has 0 aliphatic rings. The molecule has 0 saturated carbocycles. The number of nitro groups is 1. The lowest BCUT2D eigenvalue weighted by molar-refractivity contribution is -0.384. The summed E-state index contributed by atoms with van der Waals surface area (Å²) < 4.78 is 15.0. The number of hydrogen-bond donors (Lipinski definition) is 1. The zero-order valence-electron chi connectivity index (χ0n) is 13.3. The summed E-state index contributed by atoms with van der Waals surface area (Å²) in [5, 5.41) is 19.1. The number of hydrogen-bond acceptors (Lipinski definition) is 7. The molecule has 1 N–H and O–H groups in total. The number of nitro benzene ring substituents is 1. The summed E-state index contributed by atoms with van der Waals surface area (Å²) in [6.07, 6.45) is 5.07. The molecule has 0 aromatic heterocycles. The molecule has 132 valence electrons. The van der Waals surface area contributed by atoms with Gasteiger partial charge >= 0.3 is 6.16 Å². The topological polar surface area (TPSA) is 108 Å². The zero-order valence-corrected chi connectivity index (χ0v) is 13.3. The Kier molecular flexibility index (Phi) is 9.82. The lowest BCUT2D eigenvalue weighted by Crippen LogP contribution is -2.10. The van der Waals surface area contributed by atoms with Gasteiger partial charge in [0.15, 0.2) is 0 Å². The van der Waals surface area contributed by atoms with E-state index in [1.54, 1.807) is 12.2 Å². The Morgan fingerprint density at radius 1 is 1.12 bits per heavy atom. The molecular weight excluding hydrogens is 318 g/mol. The van der Waals surface area contributed by atoms with E-state index in [-0.39, 0.29) is 24.7 Å². The highest BCUT2D eigenvalue weighted by Gasteiger charge is 2.08. The second kappa shape index (κ2) is 12.0. The van der Waals surface area contributed by atoms with E-state index in [1.807, 2.05) is 0 Å². The molecule has 0 unspecified atom stereocenters. The average Bonchev–Trinajstić information content (AvgIpc) is 2.57. The number of non-ortho nitro benzene ring substituents is 1. The third-order valence-electron chi connectivity index (χ3n) is 2.87. The van der Waals surface area contributed by atoms with Crippen molar-refractivity contribution in [3.8, 4) is 5.75 Å². The minimum absolute atomic E-state index is 0.0414. The van der Waals surface area contributed by atoms with Gasteiger partial charge in [0.05, 0.1) is 11.5 Å². The van der Waals surface area contributed by atoms with Gasteiger partial charge in [-0.15, -0.1) is 0 Å². The molecule has 0 aliphatic carbocycles. The Labute approximate surface area is 139 Å². The Morgan fingerprint density at radius 3 is 2.50 bits per heavy atom. The number of ether oxygens (including phenoxy) is 3. The van der Waals surface area contributed by atoms with Crippen molar-refractivity contribution in [1.82, 2.24) is 0 Å². The molecular formula is C16H21NO7. The van der Waals surface area contributed by atoms with Gasteiger partial charge in [0, 0.05) is 25.3 Å². The van der Waals surface area contributed by atoms with Crippen molar-refractivity contribution >= 4 is 11.8 Å². The first kappa shape index (κ1) is 19.6. The molecule has 0 aliphatic heterocycles. The largest absolute Gasteiger partial charge is 0.514 e. The lowest BCUT2D eigenvalue weighted by Gasteiger charge is -2.03. The lowest BCUT2D eigenvalue weighted by atomic mass is 10.2. The minimum atomic E-state index is -0.890. The molecule has 1 rings (SSSR count). The molecule has 1 aromatic carbocycles. The summed E-state index contributed by atoms with van der Waals surface area (Å²) in [7, 11) is 0. The summed E-state index contributed by atoms with van der Waals surface area (Å²) in [4.78, 5) is 21.4. The predicted molar refractivity (Wildman–Crippen MR) is 86.0 cm³/mol. The maximum atomic E-state index is 11.4. The van der Waals surface area contributed by atoms with E-state index in [1.165, 1.54) is 24.3 Å². The summed E-state index contributed by atoms with van der Waals surface area (Å²) in [6, 6.07) is 5.11. The highest BCUT2D eigenvalue weighted by Crippen LogP contribution is 2.17. The van der Waals surface area contributed by atoms with E-state index < -0.39 is 11.1 Å². The third kappa shape index (κ3) is 8.86. The standard InChI is InChI=1S/C16H21NO7/c18-10-2-1-3-11-22-12-4-5-13-23-16(19)24-15-8-6-14(7-9-15)17(20)21/h4-9,18H,1-3,10-13H2/b5-4+. The van der Waals surface area contributed by atoms with Crippen molar-refractivity contribution in [3.05, 3.63) is 46.5 Å². The van der Waals surface area contributed by atoms with Gasteiger partial charge in [-0.25, -0.2) is 4.79 Å². The Bertz CT molecular complexity index is 528. The highest BCUT2D eigenvalue weighted by atomic mass is 16.7. The van der Waals surface area contributed by atoms with Gasteiger partial charge in [0.25, 0.3) is 5.69 Å². The van der Waals surface area contributed by atoms with Gasteiger partial charge in [0.1, 0.15) is 12.4 Å². The Balaban J connectivity index is 2.11. The molecule has 0 atom stereocenters. The molecule has 0 radical (unpaired) electrons. The van der Waals surface area contributed by atoms with E-state index in [0.717, 1.165) is 19.3 Å². The molecule has 8 nitrogen and oxygen atoms in total.